The topological polar surface area (TPSA) is 81.7 Å². The van der Waals surface area contributed by atoms with E-state index in [1.165, 1.54) is 17.8 Å². The van der Waals surface area contributed by atoms with Crippen LogP contribution in [-0.4, -0.2) is 65.0 Å². The quantitative estimate of drug-likeness (QED) is 0.610. The van der Waals surface area contributed by atoms with Gasteiger partial charge in [0.25, 0.3) is 0 Å². The lowest BCUT2D eigenvalue weighted by molar-refractivity contribution is -0.120. The molecular weight excluding hydrogens is 424 g/mol. The number of sulfonamides is 1. The molecule has 2 aromatic carbocycles. The fourth-order valence-electron chi connectivity index (χ4n) is 3.35. The lowest BCUT2D eigenvalue weighted by atomic mass is 10.2. The molecule has 162 valence electrons. The number of carbonyl (C=O) groups is 1. The maximum atomic E-state index is 12.2. The Bertz CT molecular complexity index is 932. The van der Waals surface area contributed by atoms with Gasteiger partial charge in [0.05, 0.1) is 5.02 Å². The van der Waals surface area contributed by atoms with Crippen LogP contribution in [0.1, 0.15) is 6.42 Å². The molecular formula is C21H27ClN4O3S. The van der Waals surface area contributed by atoms with Gasteiger partial charge in [-0.25, -0.2) is 13.1 Å². The van der Waals surface area contributed by atoms with Crippen LogP contribution in [0, 0.1) is 0 Å². The average Bonchev–Trinajstić information content (AvgIpc) is 2.75. The van der Waals surface area contributed by atoms with E-state index < -0.39 is 10.0 Å². The maximum absolute atomic E-state index is 12.2. The van der Waals surface area contributed by atoms with Gasteiger partial charge in [0.15, 0.2) is 0 Å². The van der Waals surface area contributed by atoms with E-state index in [1.807, 2.05) is 18.2 Å². The third-order valence-corrected chi connectivity index (χ3v) is 6.97. The van der Waals surface area contributed by atoms with Gasteiger partial charge in [-0.15, -0.1) is 0 Å². The minimum Gasteiger partial charge on any atom is -0.369 e. The molecule has 0 spiro atoms. The molecule has 1 fully saturated rings. The Kier molecular flexibility index (Phi) is 8.09. The first-order chi connectivity index (χ1) is 14.5. The molecule has 1 saturated heterocycles. The molecule has 30 heavy (non-hydrogen) atoms. The molecule has 0 saturated carbocycles. The number of anilines is 1. The second kappa shape index (κ2) is 10.8. The fourth-order valence-corrected chi connectivity index (χ4v) is 4.90. The van der Waals surface area contributed by atoms with E-state index in [2.05, 4.69) is 32.0 Å². The Morgan fingerprint density at radius 1 is 0.933 bits per heavy atom. The highest BCUT2D eigenvalue weighted by molar-refractivity contribution is 7.89. The van der Waals surface area contributed by atoms with Crippen LogP contribution in [-0.2, 0) is 14.8 Å². The number of rotatable bonds is 9. The van der Waals surface area contributed by atoms with Crippen molar-refractivity contribution in [1.29, 1.82) is 0 Å². The number of halogens is 1. The Labute approximate surface area is 183 Å². The number of hydrogen-bond donors (Lipinski definition) is 2. The van der Waals surface area contributed by atoms with Gasteiger partial charge in [-0.2, -0.15) is 0 Å². The molecule has 0 aromatic heterocycles. The predicted molar refractivity (Wildman–Crippen MR) is 119 cm³/mol. The Morgan fingerprint density at radius 2 is 1.60 bits per heavy atom. The van der Waals surface area contributed by atoms with Crippen molar-refractivity contribution in [3.8, 4) is 0 Å². The van der Waals surface area contributed by atoms with E-state index in [9.17, 15) is 13.2 Å². The lowest BCUT2D eigenvalue weighted by Crippen LogP contribution is -2.48. The largest absolute Gasteiger partial charge is 0.369 e. The third kappa shape index (κ3) is 6.43. The minimum atomic E-state index is -3.73. The fraction of sp³-hybridized carbons (Fsp3) is 0.381. The molecule has 0 bridgehead atoms. The molecule has 7 nitrogen and oxygen atoms in total. The molecule has 2 aromatic rings. The van der Waals surface area contributed by atoms with Gasteiger partial charge >= 0.3 is 0 Å². The van der Waals surface area contributed by atoms with E-state index in [0.29, 0.717) is 6.54 Å². The monoisotopic (exact) mass is 450 g/mol. The summed E-state index contributed by atoms with van der Waals surface area (Å²) >= 11 is 5.93. The number of carbonyl (C=O) groups excluding carboxylic acids is 1. The van der Waals surface area contributed by atoms with Gasteiger partial charge in [0.2, 0.25) is 15.9 Å². The SMILES string of the molecule is O=C(CCNS(=O)(=O)c1ccccc1Cl)NCCN1CCN(c2ccccc2)CC1. The number of piperazine rings is 1. The minimum absolute atomic E-state index is 0.0155. The van der Waals surface area contributed by atoms with Crippen LogP contribution in [0.2, 0.25) is 5.02 Å². The zero-order valence-electron chi connectivity index (χ0n) is 16.8. The van der Waals surface area contributed by atoms with Gasteiger partial charge in [-0.1, -0.05) is 41.9 Å². The highest BCUT2D eigenvalue weighted by Gasteiger charge is 2.18. The molecule has 0 atom stereocenters. The van der Waals surface area contributed by atoms with E-state index in [-0.39, 0.29) is 28.8 Å². The molecule has 1 heterocycles. The maximum Gasteiger partial charge on any atom is 0.242 e. The van der Waals surface area contributed by atoms with Crippen molar-refractivity contribution in [3.63, 3.8) is 0 Å². The van der Waals surface area contributed by atoms with E-state index in [0.717, 1.165) is 32.7 Å². The third-order valence-electron chi connectivity index (χ3n) is 5.01. The molecule has 9 heteroatoms. The zero-order valence-corrected chi connectivity index (χ0v) is 18.3. The number of para-hydroxylation sites is 1. The number of nitrogens with one attached hydrogen (secondary N) is 2. The molecule has 0 aliphatic carbocycles. The van der Waals surface area contributed by atoms with Crippen molar-refractivity contribution >= 4 is 33.2 Å². The second-order valence-electron chi connectivity index (χ2n) is 7.09. The van der Waals surface area contributed by atoms with Gasteiger partial charge < -0.3 is 10.2 Å². The molecule has 1 amide bonds. The van der Waals surface area contributed by atoms with E-state index >= 15 is 0 Å². The molecule has 0 radical (unpaired) electrons. The van der Waals surface area contributed by atoms with Crippen LogP contribution in [0.4, 0.5) is 5.69 Å². The van der Waals surface area contributed by atoms with Gasteiger partial charge in [0, 0.05) is 57.9 Å². The van der Waals surface area contributed by atoms with Gasteiger partial charge in [0.1, 0.15) is 4.90 Å². The predicted octanol–water partition coefficient (Wildman–Crippen LogP) is 1.95. The highest BCUT2D eigenvalue weighted by Crippen LogP contribution is 2.20. The number of hydrogen-bond acceptors (Lipinski definition) is 5. The number of amides is 1. The first kappa shape index (κ1) is 22.6. The van der Waals surface area contributed by atoms with Crippen molar-refractivity contribution < 1.29 is 13.2 Å². The summed E-state index contributed by atoms with van der Waals surface area (Å²) in [5.41, 5.74) is 1.24. The Balaban J connectivity index is 1.32. The van der Waals surface area contributed by atoms with Crippen LogP contribution in [0.25, 0.3) is 0 Å². The average molecular weight is 451 g/mol. The van der Waals surface area contributed by atoms with Crippen LogP contribution < -0.4 is 14.9 Å². The van der Waals surface area contributed by atoms with E-state index in [4.69, 9.17) is 11.6 Å². The smallest absolute Gasteiger partial charge is 0.242 e. The van der Waals surface area contributed by atoms with Crippen LogP contribution >= 0.6 is 11.6 Å². The molecule has 3 rings (SSSR count). The van der Waals surface area contributed by atoms with Gasteiger partial charge in [-0.3, -0.25) is 9.69 Å². The summed E-state index contributed by atoms with van der Waals surface area (Å²) in [7, 11) is -3.73. The van der Waals surface area contributed by atoms with E-state index in [1.54, 1.807) is 12.1 Å². The summed E-state index contributed by atoms with van der Waals surface area (Å²) in [5, 5.41) is 3.01. The summed E-state index contributed by atoms with van der Waals surface area (Å²) in [6.07, 6.45) is 0.0749. The summed E-state index contributed by atoms with van der Waals surface area (Å²) in [4.78, 5) is 16.7. The summed E-state index contributed by atoms with van der Waals surface area (Å²) < 4.78 is 26.9. The lowest BCUT2D eigenvalue weighted by Gasteiger charge is -2.36. The Morgan fingerprint density at radius 3 is 2.30 bits per heavy atom. The van der Waals surface area contributed by atoms with Crippen molar-refractivity contribution in [3.05, 3.63) is 59.6 Å². The summed E-state index contributed by atoms with van der Waals surface area (Å²) in [6, 6.07) is 16.6. The zero-order chi connectivity index (χ0) is 21.4. The first-order valence-electron chi connectivity index (χ1n) is 9.99. The standard InChI is InChI=1S/C21H27ClN4O3S/c22-19-8-4-5-9-20(19)30(28,29)24-11-10-21(27)23-12-13-25-14-16-26(17-15-25)18-6-2-1-3-7-18/h1-9,24H,10-17H2,(H,23,27). The first-order valence-corrected chi connectivity index (χ1v) is 11.8. The highest BCUT2D eigenvalue weighted by atomic mass is 35.5. The van der Waals surface area contributed by atoms with Crippen LogP contribution in [0.15, 0.2) is 59.5 Å². The number of nitrogens with zero attached hydrogens (tertiary/aromatic N) is 2. The van der Waals surface area contributed by atoms with Crippen molar-refractivity contribution in [1.82, 2.24) is 14.9 Å². The van der Waals surface area contributed by atoms with Crippen LogP contribution in [0.3, 0.4) is 0 Å². The molecule has 1 aliphatic rings. The van der Waals surface area contributed by atoms with Crippen molar-refractivity contribution in [2.24, 2.45) is 0 Å². The molecule has 0 unspecified atom stereocenters. The summed E-state index contributed by atoms with van der Waals surface area (Å²) in [6.45, 7) is 5.16. The summed E-state index contributed by atoms with van der Waals surface area (Å²) in [5.74, 6) is -0.181. The van der Waals surface area contributed by atoms with Crippen LogP contribution in [0.5, 0.6) is 0 Å². The van der Waals surface area contributed by atoms with Crippen molar-refractivity contribution in [2.45, 2.75) is 11.3 Å². The Hall–Kier alpha value is -2.13. The normalized spacial score (nSPS) is 15.2. The second-order valence-corrected chi connectivity index (χ2v) is 9.23. The van der Waals surface area contributed by atoms with Gasteiger partial charge in [-0.05, 0) is 24.3 Å². The number of benzene rings is 2. The molecule has 2 N–H and O–H groups in total. The van der Waals surface area contributed by atoms with Crippen molar-refractivity contribution in [2.75, 3.05) is 50.7 Å². The molecule has 1 aliphatic heterocycles.